The molecule has 1 aromatic heterocycles. The smallest absolute Gasteiger partial charge is 0.262 e. The van der Waals surface area contributed by atoms with Crippen LogP contribution in [0.2, 0.25) is 0 Å². The molecule has 0 radical (unpaired) electrons. The molecule has 1 aliphatic heterocycles. The highest BCUT2D eigenvalue weighted by Gasteiger charge is 2.32. The van der Waals surface area contributed by atoms with Crippen molar-refractivity contribution in [3.05, 3.63) is 34.6 Å². The van der Waals surface area contributed by atoms with Gasteiger partial charge in [-0.25, -0.2) is 10.4 Å². The van der Waals surface area contributed by atoms with Crippen molar-refractivity contribution in [2.45, 2.75) is 30.8 Å². The Hall–Kier alpha value is -2.33. The summed E-state index contributed by atoms with van der Waals surface area (Å²) in [5, 5.41) is 5.30. The monoisotopic (exact) mass is 405 g/mol. The first-order valence-electron chi connectivity index (χ1n) is 8.35. The lowest BCUT2D eigenvalue weighted by Crippen LogP contribution is -2.29. The van der Waals surface area contributed by atoms with Gasteiger partial charge in [-0.3, -0.25) is 23.9 Å². The van der Waals surface area contributed by atoms with Crippen LogP contribution in [0.5, 0.6) is 0 Å². The fourth-order valence-corrected chi connectivity index (χ4v) is 4.34. The molecule has 1 atom stereocenters. The fraction of sp³-hybridized carbons (Fsp3) is 0.353. The van der Waals surface area contributed by atoms with Gasteiger partial charge in [0.1, 0.15) is 0 Å². The number of para-hydroxylation sites is 1. The molecule has 1 N–H and O–H groups in total. The zero-order valence-electron chi connectivity index (χ0n) is 15.1. The van der Waals surface area contributed by atoms with Crippen LogP contribution >= 0.6 is 23.5 Å². The van der Waals surface area contributed by atoms with Gasteiger partial charge >= 0.3 is 0 Å². The normalized spacial score (nSPS) is 18.5. The molecule has 0 saturated carbocycles. The van der Waals surface area contributed by atoms with E-state index in [-0.39, 0.29) is 28.4 Å². The summed E-state index contributed by atoms with van der Waals surface area (Å²) >= 11 is 2.47. The Morgan fingerprint density at radius 1 is 1.37 bits per heavy atom. The Labute approximate surface area is 164 Å². The molecule has 2 aromatic rings. The van der Waals surface area contributed by atoms with Gasteiger partial charge in [0.25, 0.3) is 11.5 Å². The first-order chi connectivity index (χ1) is 12.9. The van der Waals surface area contributed by atoms with Crippen molar-refractivity contribution < 1.29 is 9.59 Å². The van der Waals surface area contributed by atoms with Crippen LogP contribution in [0.1, 0.15) is 13.8 Å². The molecule has 8 nitrogen and oxygen atoms in total. The number of benzene rings is 1. The zero-order chi connectivity index (χ0) is 19.6. The van der Waals surface area contributed by atoms with Crippen LogP contribution in [-0.4, -0.2) is 49.5 Å². The fourth-order valence-electron chi connectivity index (χ4n) is 2.57. The standard InChI is InChI=1S/C17H19N5O3S2/c1-4-22-15(25)11-7-5-6-8-12(11)18-16(22)26-9-13(23)19-20-17-21(3)14(24)10(2)27-17/h5-8,10H,4,9H2,1-3H3,(H,19,23)/b20-17-. The molecule has 1 fully saturated rings. The number of fused-ring (bicyclic) bond motifs is 1. The average Bonchev–Trinajstić information content (AvgIpc) is 2.91. The van der Waals surface area contributed by atoms with Crippen molar-refractivity contribution in [2.75, 3.05) is 12.8 Å². The first-order valence-corrected chi connectivity index (χ1v) is 10.2. The van der Waals surface area contributed by atoms with Crippen LogP contribution in [0.4, 0.5) is 0 Å². The zero-order valence-corrected chi connectivity index (χ0v) is 16.8. The van der Waals surface area contributed by atoms with E-state index in [1.54, 1.807) is 36.7 Å². The summed E-state index contributed by atoms with van der Waals surface area (Å²) < 4.78 is 1.55. The number of carbonyl (C=O) groups excluding carboxylic acids is 2. The summed E-state index contributed by atoms with van der Waals surface area (Å²) in [7, 11) is 1.62. The lowest BCUT2D eigenvalue weighted by atomic mass is 10.2. The SMILES string of the molecule is CCn1c(SCC(=O)N/N=C2\SC(C)C(=O)N2C)nc2ccccc2c1=O. The van der Waals surface area contributed by atoms with E-state index in [1.807, 2.05) is 13.0 Å². The number of thioether (sulfide) groups is 2. The van der Waals surface area contributed by atoms with E-state index in [2.05, 4.69) is 15.5 Å². The molecule has 1 aromatic carbocycles. The van der Waals surface area contributed by atoms with Crippen molar-refractivity contribution in [3.63, 3.8) is 0 Å². The van der Waals surface area contributed by atoms with E-state index >= 15 is 0 Å². The van der Waals surface area contributed by atoms with Crippen molar-refractivity contribution in [2.24, 2.45) is 5.10 Å². The molecule has 0 bridgehead atoms. The molecular formula is C17H19N5O3S2. The number of hydrogen-bond donors (Lipinski definition) is 1. The highest BCUT2D eigenvalue weighted by molar-refractivity contribution is 8.15. The van der Waals surface area contributed by atoms with E-state index in [0.29, 0.717) is 27.8 Å². The number of hydrogen-bond acceptors (Lipinski definition) is 7. The van der Waals surface area contributed by atoms with Crippen LogP contribution in [0, 0.1) is 0 Å². The minimum absolute atomic E-state index is 0.0466. The third-order valence-corrected chi connectivity index (χ3v) is 6.11. The van der Waals surface area contributed by atoms with E-state index in [9.17, 15) is 14.4 Å². The number of nitrogens with one attached hydrogen (secondary N) is 1. The Balaban J connectivity index is 1.70. The van der Waals surface area contributed by atoms with Crippen molar-refractivity contribution >= 4 is 51.4 Å². The highest BCUT2D eigenvalue weighted by atomic mass is 32.2. The van der Waals surface area contributed by atoms with E-state index < -0.39 is 0 Å². The quantitative estimate of drug-likeness (QED) is 0.460. The molecular weight excluding hydrogens is 386 g/mol. The second-order valence-corrected chi connectivity index (χ2v) is 8.09. The van der Waals surface area contributed by atoms with Gasteiger partial charge < -0.3 is 0 Å². The second kappa shape index (κ2) is 8.13. The number of nitrogens with zero attached hydrogens (tertiary/aromatic N) is 4. The van der Waals surface area contributed by atoms with Crippen molar-refractivity contribution in [3.8, 4) is 0 Å². The number of amides is 2. The van der Waals surface area contributed by atoms with Gasteiger partial charge in [-0.1, -0.05) is 35.7 Å². The van der Waals surface area contributed by atoms with Gasteiger partial charge in [0.05, 0.1) is 21.9 Å². The number of rotatable bonds is 5. The molecule has 3 rings (SSSR count). The van der Waals surface area contributed by atoms with Gasteiger partial charge in [-0.15, -0.1) is 5.10 Å². The topological polar surface area (TPSA) is 96.7 Å². The Kier molecular flexibility index (Phi) is 5.85. The third kappa shape index (κ3) is 4.01. The number of carbonyl (C=O) groups is 2. The number of amidine groups is 1. The maximum atomic E-state index is 12.6. The summed E-state index contributed by atoms with van der Waals surface area (Å²) in [5.41, 5.74) is 2.94. The summed E-state index contributed by atoms with van der Waals surface area (Å²) in [6, 6.07) is 7.14. The highest BCUT2D eigenvalue weighted by Crippen LogP contribution is 2.24. The van der Waals surface area contributed by atoms with E-state index in [4.69, 9.17) is 0 Å². The van der Waals surface area contributed by atoms with Gasteiger partial charge in [0.15, 0.2) is 10.3 Å². The Morgan fingerprint density at radius 2 is 2.11 bits per heavy atom. The molecule has 0 spiro atoms. The van der Waals surface area contributed by atoms with Crippen LogP contribution in [0.3, 0.4) is 0 Å². The second-order valence-electron chi connectivity index (χ2n) is 5.84. The molecule has 1 unspecified atom stereocenters. The minimum atomic E-state index is -0.335. The van der Waals surface area contributed by atoms with Gasteiger partial charge in [0.2, 0.25) is 5.91 Å². The first kappa shape index (κ1) is 19.4. The maximum absolute atomic E-state index is 12.6. The number of aromatic nitrogens is 2. The lowest BCUT2D eigenvalue weighted by molar-refractivity contribution is -0.125. The van der Waals surface area contributed by atoms with Crippen LogP contribution in [0.15, 0.2) is 39.3 Å². The molecule has 2 amide bonds. The molecule has 1 aliphatic rings. The van der Waals surface area contributed by atoms with E-state index in [1.165, 1.54) is 28.4 Å². The Bertz CT molecular complexity index is 988. The largest absolute Gasteiger partial charge is 0.292 e. The summed E-state index contributed by atoms with van der Waals surface area (Å²) in [4.78, 5) is 42.4. The van der Waals surface area contributed by atoms with Crippen LogP contribution < -0.4 is 11.0 Å². The molecule has 27 heavy (non-hydrogen) atoms. The van der Waals surface area contributed by atoms with Gasteiger partial charge in [-0.2, -0.15) is 0 Å². The molecule has 2 heterocycles. The predicted octanol–water partition coefficient (Wildman–Crippen LogP) is 1.49. The third-order valence-electron chi connectivity index (χ3n) is 4.00. The Morgan fingerprint density at radius 3 is 2.78 bits per heavy atom. The molecule has 0 aliphatic carbocycles. The average molecular weight is 406 g/mol. The summed E-state index contributed by atoms with van der Waals surface area (Å²) in [5.74, 6) is -0.326. The summed E-state index contributed by atoms with van der Waals surface area (Å²) in [6.07, 6.45) is 0. The predicted molar refractivity (Wildman–Crippen MR) is 108 cm³/mol. The molecule has 1 saturated heterocycles. The van der Waals surface area contributed by atoms with Gasteiger partial charge in [-0.05, 0) is 26.0 Å². The minimum Gasteiger partial charge on any atom is -0.292 e. The van der Waals surface area contributed by atoms with Crippen molar-refractivity contribution in [1.82, 2.24) is 19.9 Å². The van der Waals surface area contributed by atoms with Crippen molar-refractivity contribution in [1.29, 1.82) is 0 Å². The molecule has 10 heteroatoms. The molecule has 142 valence electrons. The maximum Gasteiger partial charge on any atom is 0.262 e. The van der Waals surface area contributed by atoms with Crippen LogP contribution in [-0.2, 0) is 16.1 Å². The van der Waals surface area contributed by atoms with Crippen LogP contribution in [0.25, 0.3) is 10.9 Å². The van der Waals surface area contributed by atoms with E-state index in [0.717, 1.165) is 0 Å². The number of hydrazone groups is 1. The van der Waals surface area contributed by atoms with Gasteiger partial charge in [0, 0.05) is 13.6 Å². The lowest BCUT2D eigenvalue weighted by Gasteiger charge is -2.11. The summed E-state index contributed by atoms with van der Waals surface area (Å²) in [6.45, 7) is 4.11.